The number of imidazole rings is 1. The molecule has 0 fully saturated rings. The van der Waals surface area contributed by atoms with Crippen LogP contribution < -0.4 is 0 Å². The van der Waals surface area contributed by atoms with E-state index in [1.165, 1.54) is 0 Å². The van der Waals surface area contributed by atoms with Crippen molar-refractivity contribution in [1.82, 2.24) is 14.4 Å². The van der Waals surface area contributed by atoms with Crippen LogP contribution in [0.3, 0.4) is 0 Å². The summed E-state index contributed by atoms with van der Waals surface area (Å²) in [5.41, 5.74) is 2.07. The summed E-state index contributed by atoms with van der Waals surface area (Å²) in [6, 6.07) is 3.81. The largest absolute Gasteiger partial charge is 0.466 e. The van der Waals surface area contributed by atoms with Crippen LogP contribution in [0, 0.1) is 13.8 Å². The minimum absolute atomic E-state index is 0.245. The Morgan fingerprint density at radius 2 is 2.24 bits per heavy atom. The Labute approximate surface area is 121 Å². The topological polar surface area (TPSA) is 69.6 Å². The number of rotatable bonds is 3. The molecule has 0 aromatic carbocycles. The summed E-state index contributed by atoms with van der Waals surface area (Å²) in [5.74, 6) is 1.65. The maximum atomic E-state index is 11.8. The quantitative estimate of drug-likeness (QED) is 0.692. The lowest BCUT2D eigenvalue weighted by atomic mass is 10.2. The van der Waals surface area contributed by atoms with E-state index in [0.29, 0.717) is 12.4 Å². The second-order valence-corrected chi connectivity index (χ2v) is 4.67. The maximum absolute atomic E-state index is 11.8. The molecular weight excluding hydrogens is 270 g/mol. The van der Waals surface area contributed by atoms with Crippen LogP contribution in [-0.4, -0.2) is 26.9 Å². The molecule has 0 spiro atoms. The molecule has 0 aliphatic rings. The summed E-state index contributed by atoms with van der Waals surface area (Å²) in [6.45, 7) is 5.87. The molecule has 3 rings (SSSR count). The lowest BCUT2D eigenvalue weighted by Crippen LogP contribution is -2.04. The van der Waals surface area contributed by atoms with Gasteiger partial charge in [-0.2, -0.15) is 0 Å². The number of carbonyl (C=O) groups excluding carboxylic acids is 1. The number of carbonyl (C=O) groups is 1. The van der Waals surface area contributed by atoms with Gasteiger partial charge in [0.05, 0.1) is 12.3 Å². The van der Waals surface area contributed by atoms with Gasteiger partial charge in [-0.05, 0) is 32.9 Å². The van der Waals surface area contributed by atoms with Gasteiger partial charge >= 0.3 is 5.97 Å². The van der Waals surface area contributed by atoms with Crippen LogP contribution in [0.4, 0.5) is 0 Å². The molecule has 0 atom stereocenters. The van der Waals surface area contributed by atoms with Gasteiger partial charge in [0.25, 0.3) is 0 Å². The Balaban J connectivity index is 2.16. The molecular formula is C15H15N3O3. The first-order valence-corrected chi connectivity index (χ1v) is 6.68. The summed E-state index contributed by atoms with van der Waals surface area (Å²) in [4.78, 5) is 20.2. The predicted molar refractivity (Wildman–Crippen MR) is 76.1 cm³/mol. The third-order valence-electron chi connectivity index (χ3n) is 3.17. The van der Waals surface area contributed by atoms with Gasteiger partial charge in [-0.1, -0.05) is 0 Å². The fourth-order valence-corrected chi connectivity index (χ4v) is 2.30. The van der Waals surface area contributed by atoms with Crippen molar-refractivity contribution in [3.8, 4) is 11.3 Å². The zero-order chi connectivity index (χ0) is 15.0. The highest BCUT2D eigenvalue weighted by molar-refractivity contribution is 5.88. The van der Waals surface area contributed by atoms with Gasteiger partial charge < -0.3 is 9.15 Å². The first kappa shape index (κ1) is 13.4. The monoisotopic (exact) mass is 285 g/mol. The molecule has 0 N–H and O–H groups in total. The number of hydrogen-bond acceptors (Lipinski definition) is 5. The van der Waals surface area contributed by atoms with Gasteiger partial charge in [-0.15, -0.1) is 0 Å². The number of ether oxygens (including phenoxy) is 1. The molecule has 0 aliphatic heterocycles. The molecule has 3 heterocycles. The van der Waals surface area contributed by atoms with Gasteiger partial charge in [0.1, 0.15) is 11.5 Å². The van der Waals surface area contributed by atoms with E-state index < -0.39 is 5.97 Å². The van der Waals surface area contributed by atoms with E-state index in [-0.39, 0.29) is 5.69 Å². The minimum atomic E-state index is -0.450. The molecule has 0 aliphatic carbocycles. The van der Waals surface area contributed by atoms with E-state index in [1.54, 1.807) is 23.7 Å². The van der Waals surface area contributed by atoms with Gasteiger partial charge in [0.15, 0.2) is 5.69 Å². The summed E-state index contributed by atoms with van der Waals surface area (Å²) in [5, 5.41) is 0. The minimum Gasteiger partial charge on any atom is -0.466 e. The number of aromatic nitrogens is 3. The van der Waals surface area contributed by atoms with Crippen molar-refractivity contribution < 1.29 is 13.9 Å². The van der Waals surface area contributed by atoms with Gasteiger partial charge in [0, 0.05) is 18.0 Å². The second-order valence-electron chi connectivity index (χ2n) is 4.67. The number of fused-ring (bicyclic) bond motifs is 1. The van der Waals surface area contributed by atoms with Crippen molar-refractivity contribution in [2.75, 3.05) is 6.61 Å². The average Bonchev–Trinajstić information content (AvgIpc) is 3.01. The van der Waals surface area contributed by atoms with Crippen LogP contribution in [0.5, 0.6) is 0 Å². The van der Waals surface area contributed by atoms with Crippen LogP contribution in [-0.2, 0) is 4.74 Å². The Kier molecular flexibility index (Phi) is 3.21. The maximum Gasteiger partial charge on any atom is 0.358 e. The van der Waals surface area contributed by atoms with E-state index in [0.717, 1.165) is 22.8 Å². The fourth-order valence-electron chi connectivity index (χ4n) is 2.30. The highest BCUT2D eigenvalue weighted by Crippen LogP contribution is 2.26. The number of hydrogen-bond donors (Lipinski definition) is 0. The van der Waals surface area contributed by atoms with Crippen LogP contribution in [0.25, 0.3) is 17.0 Å². The summed E-state index contributed by atoms with van der Waals surface area (Å²) < 4.78 is 12.3. The Morgan fingerprint density at radius 1 is 1.43 bits per heavy atom. The summed E-state index contributed by atoms with van der Waals surface area (Å²) in [7, 11) is 0. The van der Waals surface area contributed by atoms with E-state index in [4.69, 9.17) is 9.15 Å². The highest BCUT2D eigenvalue weighted by atomic mass is 16.5. The molecule has 0 amide bonds. The smallest absolute Gasteiger partial charge is 0.358 e. The average molecular weight is 285 g/mol. The normalized spacial score (nSPS) is 11.0. The van der Waals surface area contributed by atoms with Crippen LogP contribution in [0.2, 0.25) is 0 Å². The van der Waals surface area contributed by atoms with Crippen molar-refractivity contribution in [2.24, 2.45) is 0 Å². The summed E-state index contributed by atoms with van der Waals surface area (Å²) >= 11 is 0. The molecule has 6 nitrogen and oxygen atoms in total. The van der Waals surface area contributed by atoms with Crippen molar-refractivity contribution in [1.29, 1.82) is 0 Å². The Morgan fingerprint density at radius 3 is 2.90 bits per heavy atom. The molecule has 0 radical (unpaired) electrons. The number of nitrogens with zero attached hydrogens (tertiary/aromatic N) is 3. The number of esters is 1. The van der Waals surface area contributed by atoms with E-state index in [9.17, 15) is 4.79 Å². The number of aryl methyl sites for hydroxylation is 2. The summed E-state index contributed by atoms with van der Waals surface area (Å²) in [6.07, 6.45) is 3.30. The van der Waals surface area contributed by atoms with Gasteiger partial charge in [-0.25, -0.2) is 14.8 Å². The molecule has 3 aromatic rings. The first-order chi connectivity index (χ1) is 10.1. The Hall–Kier alpha value is -2.63. The van der Waals surface area contributed by atoms with E-state index >= 15 is 0 Å². The third-order valence-corrected chi connectivity index (χ3v) is 3.17. The van der Waals surface area contributed by atoms with Crippen molar-refractivity contribution in [2.45, 2.75) is 20.8 Å². The molecule has 0 bridgehead atoms. The second kappa shape index (κ2) is 5.05. The standard InChI is InChI=1S/C15H15N3O3/c1-4-20-14(19)12-8-18-13(5-6-16-15(18)17-12)11-7-9(2)21-10(11)3/h5-8H,4H2,1-3H3. The van der Waals surface area contributed by atoms with Crippen molar-refractivity contribution in [3.05, 3.63) is 41.7 Å². The molecule has 0 saturated heterocycles. The molecule has 108 valence electrons. The van der Waals surface area contributed by atoms with Crippen LogP contribution in [0.1, 0.15) is 28.9 Å². The zero-order valence-corrected chi connectivity index (χ0v) is 12.1. The van der Waals surface area contributed by atoms with E-state index in [1.807, 2.05) is 26.0 Å². The van der Waals surface area contributed by atoms with Gasteiger partial charge in [0.2, 0.25) is 5.78 Å². The zero-order valence-electron chi connectivity index (χ0n) is 12.1. The third kappa shape index (κ3) is 2.29. The molecule has 3 aromatic heterocycles. The SMILES string of the molecule is CCOC(=O)c1cn2c(-c3cc(C)oc3C)ccnc2n1. The lowest BCUT2D eigenvalue weighted by molar-refractivity contribution is 0.0520. The van der Waals surface area contributed by atoms with Crippen LogP contribution in [0.15, 0.2) is 28.9 Å². The van der Waals surface area contributed by atoms with Crippen molar-refractivity contribution >= 4 is 11.7 Å². The molecule has 0 unspecified atom stereocenters. The molecule has 0 saturated carbocycles. The number of furan rings is 1. The molecule has 6 heteroatoms. The Bertz CT molecular complexity index is 817. The fraction of sp³-hybridized carbons (Fsp3) is 0.267. The lowest BCUT2D eigenvalue weighted by Gasteiger charge is -2.02. The van der Waals surface area contributed by atoms with Gasteiger partial charge in [-0.3, -0.25) is 4.40 Å². The van der Waals surface area contributed by atoms with Crippen LogP contribution >= 0.6 is 0 Å². The van der Waals surface area contributed by atoms with Crippen molar-refractivity contribution in [3.63, 3.8) is 0 Å². The molecule has 21 heavy (non-hydrogen) atoms. The van der Waals surface area contributed by atoms with E-state index in [2.05, 4.69) is 9.97 Å². The predicted octanol–water partition coefficient (Wildman–Crippen LogP) is 2.78. The first-order valence-electron chi connectivity index (χ1n) is 6.68. The highest BCUT2D eigenvalue weighted by Gasteiger charge is 2.16.